The zero-order valence-corrected chi connectivity index (χ0v) is 20.6. The second-order valence-electron chi connectivity index (χ2n) is 11.6. The smallest absolute Gasteiger partial charge is 0.249 e. The number of carbonyl (C=O) groups is 3. The zero-order chi connectivity index (χ0) is 24.3. The number of aliphatic hydroxyl groups excluding tert-OH is 1. The highest BCUT2D eigenvalue weighted by Crippen LogP contribution is 2.53. The molecule has 4 aliphatic rings. The minimum absolute atomic E-state index is 0.00481. The fraction of sp³-hybridized carbons (Fsp3) is 0.720. The van der Waals surface area contributed by atoms with Crippen molar-refractivity contribution in [1.82, 2.24) is 14.7 Å². The lowest BCUT2D eigenvalue weighted by Crippen LogP contribution is -2.60. The number of amides is 3. The van der Waals surface area contributed by atoms with Crippen LogP contribution in [0.25, 0.3) is 0 Å². The molecule has 4 heterocycles. The lowest BCUT2D eigenvalue weighted by molar-refractivity contribution is -0.152. The van der Waals surface area contributed by atoms with Crippen molar-refractivity contribution < 1.29 is 24.2 Å². The Balaban J connectivity index is 1.80. The predicted octanol–water partition coefficient (Wildman–Crippen LogP) is 1.20. The molecule has 1 spiro atoms. The molecule has 1 unspecified atom stereocenters. The van der Waals surface area contributed by atoms with Gasteiger partial charge in [-0.1, -0.05) is 45.1 Å². The van der Waals surface area contributed by atoms with E-state index in [1.165, 1.54) is 4.90 Å². The first-order valence-electron chi connectivity index (χ1n) is 11.8. The molecular formula is C25H37N3O5. The lowest BCUT2D eigenvalue weighted by atomic mass is 9.77. The van der Waals surface area contributed by atoms with Gasteiger partial charge in [-0.05, 0) is 25.7 Å². The van der Waals surface area contributed by atoms with Crippen molar-refractivity contribution in [3.8, 4) is 0 Å². The van der Waals surface area contributed by atoms with Crippen LogP contribution in [-0.2, 0) is 19.1 Å². The van der Waals surface area contributed by atoms with E-state index in [1.54, 1.807) is 11.9 Å². The Bertz CT molecular complexity index is 904. The molecule has 3 amide bonds. The van der Waals surface area contributed by atoms with Gasteiger partial charge >= 0.3 is 0 Å². The minimum atomic E-state index is -1.23. The third-order valence-electron chi connectivity index (χ3n) is 7.39. The highest BCUT2D eigenvalue weighted by molar-refractivity contribution is 6.00. The van der Waals surface area contributed by atoms with E-state index in [0.717, 1.165) is 6.42 Å². The molecule has 0 aromatic heterocycles. The van der Waals surface area contributed by atoms with Gasteiger partial charge in [0.05, 0.1) is 24.5 Å². The fourth-order valence-corrected chi connectivity index (χ4v) is 6.55. The van der Waals surface area contributed by atoms with Gasteiger partial charge in [0.1, 0.15) is 11.6 Å². The number of nitrogens with zero attached hydrogens (tertiary/aromatic N) is 3. The molecule has 8 nitrogen and oxygen atoms in total. The van der Waals surface area contributed by atoms with Gasteiger partial charge in [0.25, 0.3) is 0 Å². The topological polar surface area (TPSA) is 90.4 Å². The van der Waals surface area contributed by atoms with Crippen molar-refractivity contribution >= 4 is 17.7 Å². The summed E-state index contributed by atoms with van der Waals surface area (Å²) in [6, 6.07) is -0.918. The average molecular weight is 460 g/mol. The lowest BCUT2D eigenvalue weighted by Gasteiger charge is -2.44. The van der Waals surface area contributed by atoms with Gasteiger partial charge in [0.2, 0.25) is 17.7 Å². The number of ether oxygens (including phenoxy) is 1. The van der Waals surface area contributed by atoms with E-state index in [4.69, 9.17) is 4.74 Å². The molecule has 2 fully saturated rings. The minimum Gasteiger partial charge on any atom is -0.395 e. The molecule has 0 bridgehead atoms. The molecule has 0 radical (unpaired) electrons. The number of carbonyl (C=O) groups excluding carboxylic acids is 3. The standard InChI is InChI=1S/C25H37N3O5/c1-23(2,3)15-24(4,5)28-12-8-10-25-18(21(31)27(13-14-29)19(25)22(28)32)17-16(33-25)9-7-11-26(6)20(17)30/h7-10,16-19,29H,11-15H2,1-6H3/t16-,17+,18-,19?,25-/m0/s1. The van der Waals surface area contributed by atoms with Crippen molar-refractivity contribution in [1.29, 1.82) is 0 Å². The van der Waals surface area contributed by atoms with Crippen LogP contribution in [0.4, 0.5) is 0 Å². The maximum absolute atomic E-state index is 14.2. The molecule has 182 valence electrons. The van der Waals surface area contributed by atoms with Gasteiger partial charge in [0.15, 0.2) is 0 Å². The van der Waals surface area contributed by atoms with Crippen molar-refractivity contribution in [2.75, 3.05) is 33.3 Å². The number of rotatable bonds is 4. The Morgan fingerprint density at radius 3 is 2.39 bits per heavy atom. The quantitative estimate of drug-likeness (QED) is 0.638. The Morgan fingerprint density at radius 2 is 1.76 bits per heavy atom. The van der Waals surface area contributed by atoms with Gasteiger partial charge < -0.3 is 24.5 Å². The summed E-state index contributed by atoms with van der Waals surface area (Å²) in [7, 11) is 1.72. The van der Waals surface area contributed by atoms with Crippen LogP contribution in [0.3, 0.4) is 0 Å². The number of fused-ring (bicyclic) bond motifs is 2. The summed E-state index contributed by atoms with van der Waals surface area (Å²) in [5.74, 6) is -2.15. The Morgan fingerprint density at radius 1 is 1.06 bits per heavy atom. The summed E-state index contributed by atoms with van der Waals surface area (Å²) in [6.45, 7) is 11.1. The molecule has 2 saturated heterocycles. The summed E-state index contributed by atoms with van der Waals surface area (Å²) in [4.78, 5) is 46.0. The molecule has 0 saturated carbocycles. The molecule has 0 aliphatic carbocycles. The normalized spacial score (nSPS) is 34.4. The molecule has 0 aromatic rings. The molecule has 0 aromatic carbocycles. The van der Waals surface area contributed by atoms with Crippen LogP contribution < -0.4 is 0 Å². The van der Waals surface area contributed by atoms with E-state index in [9.17, 15) is 19.5 Å². The molecule has 8 heteroatoms. The molecule has 33 heavy (non-hydrogen) atoms. The van der Waals surface area contributed by atoms with E-state index < -0.39 is 35.1 Å². The van der Waals surface area contributed by atoms with E-state index in [1.807, 2.05) is 43.1 Å². The van der Waals surface area contributed by atoms with Crippen molar-refractivity contribution in [2.24, 2.45) is 17.3 Å². The predicted molar refractivity (Wildman–Crippen MR) is 123 cm³/mol. The number of hydrogen-bond acceptors (Lipinski definition) is 5. The van der Waals surface area contributed by atoms with E-state index in [-0.39, 0.29) is 36.3 Å². The van der Waals surface area contributed by atoms with Gasteiger partial charge in [0, 0.05) is 32.2 Å². The Kier molecular flexibility index (Phi) is 5.77. The number of aliphatic hydroxyl groups is 1. The number of likely N-dealkylation sites (N-methyl/N-ethyl adjacent to an activating group) is 1. The largest absolute Gasteiger partial charge is 0.395 e. The van der Waals surface area contributed by atoms with Crippen molar-refractivity contribution in [2.45, 2.75) is 64.3 Å². The average Bonchev–Trinajstić information content (AvgIpc) is 3.00. The van der Waals surface area contributed by atoms with Gasteiger partial charge in [-0.2, -0.15) is 0 Å². The summed E-state index contributed by atoms with van der Waals surface area (Å²) in [6.07, 6.45) is 7.69. The molecule has 1 N–H and O–H groups in total. The number of hydrogen-bond donors (Lipinski definition) is 1. The first kappa shape index (κ1) is 24.0. The maximum Gasteiger partial charge on any atom is 0.249 e. The van der Waals surface area contributed by atoms with Crippen LogP contribution in [0.1, 0.15) is 41.0 Å². The second-order valence-corrected chi connectivity index (χ2v) is 11.6. The van der Waals surface area contributed by atoms with Crippen LogP contribution >= 0.6 is 0 Å². The third-order valence-corrected chi connectivity index (χ3v) is 7.39. The first-order valence-corrected chi connectivity index (χ1v) is 11.8. The monoisotopic (exact) mass is 459 g/mol. The number of β-amino-alcohol motifs (C(OH)–C–C–N with tert-alkyl or cyclic N) is 1. The highest BCUT2D eigenvalue weighted by Gasteiger charge is 2.72. The van der Waals surface area contributed by atoms with E-state index >= 15 is 0 Å². The third kappa shape index (κ3) is 3.71. The van der Waals surface area contributed by atoms with E-state index in [0.29, 0.717) is 13.1 Å². The van der Waals surface area contributed by atoms with Crippen LogP contribution in [0.2, 0.25) is 0 Å². The molecule has 4 rings (SSSR count). The molecular weight excluding hydrogens is 422 g/mol. The summed E-state index contributed by atoms with van der Waals surface area (Å²) >= 11 is 0. The highest BCUT2D eigenvalue weighted by atomic mass is 16.5. The zero-order valence-electron chi connectivity index (χ0n) is 20.6. The summed E-state index contributed by atoms with van der Waals surface area (Å²) in [5, 5.41) is 9.74. The van der Waals surface area contributed by atoms with Gasteiger partial charge in [-0.15, -0.1) is 0 Å². The maximum atomic E-state index is 14.2. The van der Waals surface area contributed by atoms with Crippen LogP contribution in [0.5, 0.6) is 0 Å². The summed E-state index contributed by atoms with van der Waals surface area (Å²) < 4.78 is 6.53. The van der Waals surface area contributed by atoms with Crippen molar-refractivity contribution in [3.63, 3.8) is 0 Å². The van der Waals surface area contributed by atoms with Crippen LogP contribution in [-0.4, -0.2) is 94.1 Å². The fourth-order valence-electron chi connectivity index (χ4n) is 6.55. The van der Waals surface area contributed by atoms with Gasteiger partial charge in [-0.3, -0.25) is 14.4 Å². The van der Waals surface area contributed by atoms with E-state index in [2.05, 4.69) is 20.8 Å². The summed E-state index contributed by atoms with van der Waals surface area (Å²) in [5.41, 5.74) is -1.70. The Hall–Kier alpha value is -2.19. The van der Waals surface area contributed by atoms with Gasteiger partial charge in [-0.25, -0.2) is 0 Å². The molecule has 4 aliphatic heterocycles. The van der Waals surface area contributed by atoms with Crippen LogP contribution in [0, 0.1) is 17.3 Å². The first-order chi connectivity index (χ1) is 15.3. The van der Waals surface area contributed by atoms with Crippen LogP contribution in [0.15, 0.2) is 24.3 Å². The molecule has 5 atom stereocenters. The number of likely N-dealkylation sites (tertiary alicyclic amines) is 1. The SMILES string of the molecule is CN1CC=C[C@@H]2O[C@]34C=CCN(C(C)(C)CC(C)(C)C)C(=O)C3N(CCO)C(=O)[C@@H]4[C@@H]2C1=O. The van der Waals surface area contributed by atoms with Crippen molar-refractivity contribution in [3.05, 3.63) is 24.3 Å². The Labute approximate surface area is 196 Å². The second kappa shape index (κ2) is 7.94.